The van der Waals surface area contributed by atoms with Gasteiger partial charge in [-0.3, -0.25) is 9.69 Å². The summed E-state index contributed by atoms with van der Waals surface area (Å²) in [6, 6.07) is 4.36. The normalized spacial score (nSPS) is 32.0. The number of fused-ring (bicyclic) bond motifs is 2. The lowest BCUT2D eigenvalue weighted by Crippen LogP contribution is -2.60. The van der Waals surface area contributed by atoms with E-state index in [0.29, 0.717) is 29.5 Å². The van der Waals surface area contributed by atoms with E-state index in [1.165, 1.54) is 6.39 Å². The van der Waals surface area contributed by atoms with Crippen LogP contribution in [0.2, 0.25) is 0 Å². The predicted molar refractivity (Wildman–Crippen MR) is 93.2 cm³/mol. The quantitative estimate of drug-likeness (QED) is 0.812. The molecule has 0 radical (unpaired) electrons. The minimum absolute atomic E-state index is 0.00349. The number of halogens is 2. The number of rotatable bonds is 2. The van der Waals surface area contributed by atoms with E-state index in [1.54, 1.807) is 19.1 Å². The average molecular weight is 373 g/mol. The molecule has 0 N–H and O–H groups in total. The lowest BCUT2D eigenvalue weighted by Gasteiger charge is -2.51. The first-order valence-electron chi connectivity index (χ1n) is 9.45. The first-order chi connectivity index (χ1) is 13.1. The molecule has 142 valence electrons. The number of hydrogen-bond donors (Lipinski definition) is 0. The summed E-state index contributed by atoms with van der Waals surface area (Å²) in [5.41, 5.74) is 0.676. The van der Waals surface area contributed by atoms with Gasteiger partial charge < -0.3 is 9.32 Å². The van der Waals surface area contributed by atoms with Crippen LogP contribution >= 0.6 is 0 Å². The number of benzene rings is 1. The smallest absolute Gasteiger partial charge is 0.276 e. The number of nitrogens with zero attached hydrogens (tertiary/aromatic N) is 3. The van der Waals surface area contributed by atoms with Crippen LogP contribution in [0.4, 0.5) is 8.78 Å². The Kier molecular flexibility index (Phi) is 3.82. The van der Waals surface area contributed by atoms with Crippen LogP contribution in [0.5, 0.6) is 0 Å². The molecule has 4 fully saturated rings. The Balaban J connectivity index is 1.57. The zero-order chi connectivity index (χ0) is 18.7. The van der Waals surface area contributed by atoms with Crippen molar-refractivity contribution in [1.82, 2.24) is 14.8 Å². The van der Waals surface area contributed by atoms with Crippen LogP contribution in [0, 0.1) is 24.5 Å². The molecule has 0 saturated carbocycles. The van der Waals surface area contributed by atoms with Gasteiger partial charge in [0.2, 0.25) is 0 Å². The van der Waals surface area contributed by atoms with Crippen LogP contribution in [0.1, 0.15) is 40.6 Å². The number of carbonyl (C=O) groups excluding carboxylic acids is 1. The third kappa shape index (κ3) is 2.44. The van der Waals surface area contributed by atoms with Crippen molar-refractivity contribution in [3.8, 4) is 0 Å². The Morgan fingerprint density at radius 3 is 2.70 bits per heavy atom. The minimum Gasteiger partial charge on any atom is -0.448 e. The largest absolute Gasteiger partial charge is 0.448 e. The van der Waals surface area contributed by atoms with E-state index in [9.17, 15) is 13.6 Å². The van der Waals surface area contributed by atoms with Crippen molar-refractivity contribution in [2.75, 3.05) is 19.6 Å². The Morgan fingerprint density at radius 2 is 2.00 bits per heavy atom. The monoisotopic (exact) mass is 373 g/mol. The maximum absolute atomic E-state index is 14.6. The van der Waals surface area contributed by atoms with Gasteiger partial charge in [-0.1, -0.05) is 12.1 Å². The maximum Gasteiger partial charge on any atom is 0.276 e. The molecule has 0 aliphatic carbocycles. The first kappa shape index (κ1) is 16.9. The third-order valence-corrected chi connectivity index (χ3v) is 6.58. The highest BCUT2D eigenvalue weighted by Crippen LogP contribution is 2.47. The molecule has 4 aliphatic heterocycles. The van der Waals surface area contributed by atoms with Crippen molar-refractivity contribution in [3.63, 3.8) is 0 Å². The van der Waals surface area contributed by atoms with Gasteiger partial charge in [0, 0.05) is 18.5 Å². The Morgan fingerprint density at radius 1 is 1.22 bits per heavy atom. The van der Waals surface area contributed by atoms with Crippen molar-refractivity contribution in [2.24, 2.45) is 5.92 Å². The van der Waals surface area contributed by atoms with E-state index in [2.05, 4.69) is 9.88 Å². The molecule has 1 aromatic heterocycles. The lowest BCUT2D eigenvalue weighted by molar-refractivity contribution is -0.00379. The molecular formula is C20H21F2N3O2. The van der Waals surface area contributed by atoms with Crippen molar-refractivity contribution in [2.45, 2.75) is 37.8 Å². The van der Waals surface area contributed by atoms with Gasteiger partial charge in [0.1, 0.15) is 5.76 Å². The molecule has 1 aromatic carbocycles. The second-order valence-electron chi connectivity index (χ2n) is 7.82. The molecule has 0 spiro atoms. The number of oxazole rings is 1. The predicted octanol–water partition coefficient (Wildman–Crippen LogP) is 2.96. The van der Waals surface area contributed by atoms with Gasteiger partial charge >= 0.3 is 0 Å². The van der Waals surface area contributed by atoms with Gasteiger partial charge in [0.05, 0.1) is 6.04 Å². The van der Waals surface area contributed by atoms with Gasteiger partial charge in [-0.25, -0.2) is 13.8 Å². The van der Waals surface area contributed by atoms with Crippen LogP contribution in [0.15, 0.2) is 29.0 Å². The van der Waals surface area contributed by atoms with Crippen LogP contribution in [-0.2, 0) is 0 Å². The number of aromatic nitrogens is 1. The minimum atomic E-state index is -0.836. The molecular weight excluding hydrogens is 352 g/mol. The molecule has 4 aliphatic rings. The molecule has 6 rings (SSSR count). The van der Waals surface area contributed by atoms with Crippen LogP contribution in [-0.4, -0.2) is 52.4 Å². The molecule has 0 unspecified atom stereocenters. The summed E-state index contributed by atoms with van der Waals surface area (Å²) in [5.74, 6) is -1.18. The van der Waals surface area contributed by atoms with Gasteiger partial charge in [0.25, 0.3) is 5.91 Å². The first-order valence-corrected chi connectivity index (χ1v) is 9.45. The summed E-state index contributed by atoms with van der Waals surface area (Å²) in [6.07, 6.45) is 3.33. The van der Waals surface area contributed by atoms with E-state index in [0.717, 1.165) is 32.0 Å². The Labute approximate surface area is 156 Å². The molecule has 4 saturated heterocycles. The molecule has 5 nitrogen and oxygen atoms in total. The number of amides is 1. The summed E-state index contributed by atoms with van der Waals surface area (Å²) in [7, 11) is 0. The number of likely N-dealkylation sites (tertiary alicyclic amines) is 1. The summed E-state index contributed by atoms with van der Waals surface area (Å²) in [6.45, 7) is 3.98. The molecule has 2 aromatic rings. The van der Waals surface area contributed by atoms with Gasteiger partial charge in [-0.15, -0.1) is 0 Å². The number of hydrogen-bond acceptors (Lipinski definition) is 4. The van der Waals surface area contributed by atoms with Gasteiger partial charge in [-0.05, 0) is 50.4 Å². The highest BCUT2D eigenvalue weighted by Gasteiger charge is 2.55. The molecule has 1 amide bonds. The fourth-order valence-electron chi connectivity index (χ4n) is 5.38. The Hall–Kier alpha value is -2.28. The molecule has 27 heavy (non-hydrogen) atoms. The summed E-state index contributed by atoms with van der Waals surface area (Å²) >= 11 is 0. The average Bonchev–Trinajstić information content (AvgIpc) is 3.30. The zero-order valence-corrected chi connectivity index (χ0v) is 15.1. The topological polar surface area (TPSA) is 49.6 Å². The second-order valence-corrected chi connectivity index (χ2v) is 7.82. The van der Waals surface area contributed by atoms with Crippen molar-refractivity contribution >= 4 is 5.91 Å². The maximum atomic E-state index is 14.6. The molecule has 2 bridgehead atoms. The fourth-order valence-corrected chi connectivity index (χ4v) is 5.38. The molecule has 3 atom stereocenters. The van der Waals surface area contributed by atoms with Crippen LogP contribution in [0.25, 0.3) is 0 Å². The van der Waals surface area contributed by atoms with E-state index in [1.807, 2.05) is 4.90 Å². The van der Waals surface area contributed by atoms with E-state index in [4.69, 9.17) is 4.42 Å². The lowest BCUT2D eigenvalue weighted by atomic mass is 9.75. The summed E-state index contributed by atoms with van der Waals surface area (Å²) in [5, 5.41) is 0. The van der Waals surface area contributed by atoms with Gasteiger partial charge in [-0.2, -0.15) is 0 Å². The highest BCUT2D eigenvalue weighted by molar-refractivity contribution is 5.93. The SMILES string of the molecule is Cc1ocnc1C(=O)N1C[C@H](c2cccc(F)c2F)[C@H]2[C@@H]1C1CCN2CC1. The number of aryl methyl sites for hydroxylation is 1. The van der Waals surface area contributed by atoms with E-state index in [-0.39, 0.29) is 23.9 Å². The van der Waals surface area contributed by atoms with Crippen molar-refractivity contribution in [1.29, 1.82) is 0 Å². The summed E-state index contributed by atoms with van der Waals surface area (Å²) in [4.78, 5) is 21.5. The van der Waals surface area contributed by atoms with Crippen LogP contribution < -0.4 is 0 Å². The van der Waals surface area contributed by atoms with Gasteiger partial charge in [0.15, 0.2) is 23.7 Å². The van der Waals surface area contributed by atoms with E-state index >= 15 is 0 Å². The van der Waals surface area contributed by atoms with Crippen molar-refractivity contribution in [3.05, 3.63) is 53.2 Å². The second kappa shape index (κ2) is 6.12. The molecule has 7 heteroatoms. The molecule has 5 heterocycles. The van der Waals surface area contributed by atoms with Crippen molar-refractivity contribution < 1.29 is 18.0 Å². The standard InChI is InChI=1S/C20H21F2N3O2/c1-11-17(23-10-27-11)20(26)25-9-14(13-3-2-4-15(21)16(13)22)19-18(25)12-5-7-24(19)8-6-12/h2-4,10,12,14,18-19H,5-9H2,1H3/t14-,18+,19+/m1/s1. The third-order valence-electron chi connectivity index (χ3n) is 6.58. The number of carbonyl (C=O) groups is 1. The zero-order valence-electron chi connectivity index (χ0n) is 15.1. The summed E-state index contributed by atoms with van der Waals surface area (Å²) < 4.78 is 33.7. The van der Waals surface area contributed by atoms with E-state index < -0.39 is 11.6 Å². The highest BCUT2D eigenvalue weighted by atomic mass is 19.2. The fraction of sp³-hybridized carbons (Fsp3) is 0.500. The Bertz CT molecular complexity index is 891. The number of piperidine rings is 3. The van der Waals surface area contributed by atoms with Crippen LogP contribution in [0.3, 0.4) is 0 Å².